The van der Waals surface area contributed by atoms with Crippen LogP contribution in [0.1, 0.15) is 5.56 Å². The fourth-order valence-corrected chi connectivity index (χ4v) is 2.18. The van der Waals surface area contributed by atoms with E-state index in [2.05, 4.69) is 4.99 Å². The van der Waals surface area contributed by atoms with E-state index in [0.29, 0.717) is 5.70 Å². The van der Waals surface area contributed by atoms with Crippen molar-refractivity contribution in [1.82, 2.24) is 0 Å². The maximum absolute atomic E-state index is 11.0. The number of ether oxygens (including phenoxy) is 1. The van der Waals surface area contributed by atoms with Gasteiger partial charge in [0.1, 0.15) is 17.9 Å². The highest BCUT2D eigenvalue weighted by molar-refractivity contribution is 8.07. The Balaban J connectivity index is 2.05. The number of benzene rings is 1. The molecule has 0 saturated heterocycles. The normalized spacial score (nSPS) is 17.2. The highest BCUT2D eigenvalue weighted by Crippen LogP contribution is 2.18. The van der Waals surface area contributed by atoms with Gasteiger partial charge >= 0.3 is 0 Å². The summed E-state index contributed by atoms with van der Waals surface area (Å²) in [6.45, 7) is 2.10. The molecule has 0 N–H and O–H groups in total. The van der Waals surface area contributed by atoms with Crippen LogP contribution in [0.3, 0.4) is 0 Å². The van der Waals surface area contributed by atoms with Gasteiger partial charge in [0, 0.05) is 0 Å². The van der Waals surface area contributed by atoms with Gasteiger partial charge in [0.2, 0.25) is 9.84 Å². The minimum atomic E-state index is -3.24. The second-order valence-electron chi connectivity index (χ2n) is 3.49. The molecule has 0 atom stereocenters. The molecule has 0 saturated carbocycles. The van der Waals surface area contributed by atoms with Crippen LogP contribution in [0.2, 0.25) is 0 Å². The van der Waals surface area contributed by atoms with Crippen molar-refractivity contribution < 1.29 is 13.2 Å². The van der Waals surface area contributed by atoms with Crippen LogP contribution in [0, 0.1) is 6.92 Å². The molecule has 5 heteroatoms. The van der Waals surface area contributed by atoms with E-state index in [1.165, 1.54) is 0 Å². The molecular weight excluding hydrogens is 226 g/mol. The second kappa shape index (κ2) is 4.09. The van der Waals surface area contributed by atoms with Gasteiger partial charge in [-0.05, 0) is 18.6 Å². The molecule has 1 aliphatic rings. The van der Waals surface area contributed by atoms with Crippen LogP contribution >= 0.6 is 0 Å². The van der Waals surface area contributed by atoms with Gasteiger partial charge in [0.25, 0.3) is 0 Å². The standard InChI is InChI=1S/C11H11NO3S/c1-9-4-2-3-5-11(9)15-6-10-7-16(13,14)8-12-10/h2-5,7-8H,6H2,1H3. The van der Waals surface area contributed by atoms with Crippen LogP contribution in [0.25, 0.3) is 0 Å². The average Bonchev–Trinajstić information content (AvgIpc) is 2.57. The lowest BCUT2D eigenvalue weighted by molar-refractivity contribution is 0.349. The lowest BCUT2D eigenvalue weighted by Crippen LogP contribution is -2.00. The summed E-state index contributed by atoms with van der Waals surface area (Å²) in [5.74, 6) is 0.739. The first kappa shape index (κ1) is 10.9. The molecule has 1 aromatic rings. The Morgan fingerprint density at radius 2 is 2.06 bits per heavy atom. The Kier molecular flexibility index (Phi) is 2.78. The lowest BCUT2D eigenvalue weighted by Gasteiger charge is -2.07. The first-order valence-corrected chi connectivity index (χ1v) is 6.36. The average molecular weight is 237 g/mol. The maximum atomic E-state index is 11.0. The van der Waals surface area contributed by atoms with E-state index in [4.69, 9.17) is 4.74 Å². The number of rotatable bonds is 3. The van der Waals surface area contributed by atoms with E-state index in [-0.39, 0.29) is 6.61 Å². The largest absolute Gasteiger partial charge is 0.487 e. The Labute approximate surface area is 94.2 Å². The second-order valence-corrected chi connectivity index (χ2v) is 5.11. The molecule has 0 aromatic heterocycles. The molecule has 84 valence electrons. The minimum Gasteiger partial charge on any atom is -0.487 e. The third-order valence-electron chi connectivity index (χ3n) is 2.13. The first-order valence-electron chi connectivity index (χ1n) is 4.75. The Bertz CT molecular complexity index is 558. The molecule has 0 spiro atoms. The highest BCUT2D eigenvalue weighted by Gasteiger charge is 2.13. The van der Waals surface area contributed by atoms with Gasteiger partial charge in [-0.1, -0.05) is 18.2 Å². The predicted octanol–water partition coefficient (Wildman–Crippen LogP) is 1.67. The zero-order chi connectivity index (χ0) is 11.6. The van der Waals surface area contributed by atoms with E-state index < -0.39 is 9.84 Å². The minimum absolute atomic E-state index is 0.167. The number of para-hydroxylation sites is 1. The molecule has 0 unspecified atom stereocenters. The SMILES string of the molecule is Cc1ccccc1OCC1=CS(=O)(=O)C=N1. The molecular formula is C11H11NO3S. The molecule has 4 nitrogen and oxygen atoms in total. The Morgan fingerprint density at radius 1 is 1.31 bits per heavy atom. The van der Waals surface area contributed by atoms with Gasteiger partial charge in [0.05, 0.1) is 11.1 Å². The van der Waals surface area contributed by atoms with E-state index in [1.54, 1.807) is 0 Å². The summed E-state index contributed by atoms with van der Waals surface area (Å²) in [5, 5.41) is 1.12. The summed E-state index contributed by atoms with van der Waals surface area (Å²) in [7, 11) is -3.24. The Morgan fingerprint density at radius 3 is 2.69 bits per heavy atom. The molecule has 1 aromatic carbocycles. The fraction of sp³-hybridized carbons (Fsp3) is 0.182. The molecule has 0 radical (unpaired) electrons. The van der Waals surface area contributed by atoms with Crippen molar-refractivity contribution in [3.05, 3.63) is 40.9 Å². The Hall–Kier alpha value is -1.62. The number of aliphatic imine (C=N–C) groups is 1. The van der Waals surface area contributed by atoms with Crippen LogP contribution < -0.4 is 4.74 Å². The van der Waals surface area contributed by atoms with Crippen LogP contribution in [-0.2, 0) is 9.84 Å². The van der Waals surface area contributed by atoms with Gasteiger partial charge in [-0.3, -0.25) is 0 Å². The lowest BCUT2D eigenvalue weighted by atomic mass is 10.2. The smallest absolute Gasteiger partial charge is 0.212 e. The van der Waals surface area contributed by atoms with Crippen molar-refractivity contribution in [2.24, 2.45) is 4.99 Å². The topological polar surface area (TPSA) is 55.7 Å². The molecule has 0 fully saturated rings. The van der Waals surface area contributed by atoms with Crippen LogP contribution in [0.5, 0.6) is 5.75 Å². The van der Waals surface area contributed by atoms with Crippen molar-refractivity contribution in [3.63, 3.8) is 0 Å². The van der Waals surface area contributed by atoms with Crippen LogP contribution in [0.15, 0.2) is 40.4 Å². The van der Waals surface area contributed by atoms with Crippen molar-refractivity contribution in [1.29, 1.82) is 0 Å². The van der Waals surface area contributed by atoms with E-state index in [1.807, 2.05) is 31.2 Å². The van der Waals surface area contributed by atoms with Crippen LogP contribution in [-0.4, -0.2) is 20.6 Å². The zero-order valence-corrected chi connectivity index (χ0v) is 9.57. The number of sulfone groups is 1. The van der Waals surface area contributed by atoms with E-state index >= 15 is 0 Å². The van der Waals surface area contributed by atoms with Gasteiger partial charge in [-0.25, -0.2) is 13.4 Å². The molecule has 0 aliphatic carbocycles. The molecule has 0 bridgehead atoms. The quantitative estimate of drug-likeness (QED) is 0.803. The number of hydrogen-bond acceptors (Lipinski definition) is 4. The monoisotopic (exact) mass is 237 g/mol. The summed E-state index contributed by atoms with van der Waals surface area (Å²) < 4.78 is 27.5. The zero-order valence-electron chi connectivity index (χ0n) is 8.75. The van der Waals surface area contributed by atoms with Crippen molar-refractivity contribution in [3.8, 4) is 5.75 Å². The molecule has 1 heterocycles. The molecule has 2 rings (SSSR count). The molecule has 0 amide bonds. The predicted molar refractivity (Wildman–Crippen MR) is 62.2 cm³/mol. The third-order valence-corrected chi connectivity index (χ3v) is 3.13. The van der Waals surface area contributed by atoms with E-state index in [9.17, 15) is 8.42 Å². The summed E-state index contributed by atoms with van der Waals surface area (Å²) in [6.07, 6.45) is 0. The summed E-state index contributed by atoms with van der Waals surface area (Å²) in [4.78, 5) is 3.76. The fourth-order valence-electron chi connectivity index (χ4n) is 1.33. The first-order chi connectivity index (χ1) is 7.57. The number of hydrogen-bond donors (Lipinski definition) is 0. The van der Waals surface area contributed by atoms with Crippen LogP contribution in [0.4, 0.5) is 0 Å². The number of aryl methyl sites for hydroxylation is 1. The molecule has 16 heavy (non-hydrogen) atoms. The molecule has 1 aliphatic heterocycles. The maximum Gasteiger partial charge on any atom is 0.212 e. The van der Waals surface area contributed by atoms with Gasteiger partial charge in [-0.2, -0.15) is 0 Å². The summed E-state index contributed by atoms with van der Waals surface area (Å²) in [6, 6.07) is 7.55. The number of nitrogens with zero attached hydrogens (tertiary/aromatic N) is 1. The summed E-state index contributed by atoms with van der Waals surface area (Å²) >= 11 is 0. The van der Waals surface area contributed by atoms with Gasteiger partial charge < -0.3 is 4.74 Å². The summed E-state index contributed by atoms with van der Waals surface area (Å²) in [5.41, 5.74) is 2.36. The van der Waals surface area contributed by atoms with Gasteiger partial charge in [-0.15, -0.1) is 0 Å². The van der Waals surface area contributed by atoms with E-state index in [0.717, 1.165) is 22.3 Å². The highest BCUT2D eigenvalue weighted by atomic mass is 32.2. The van der Waals surface area contributed by atoms with Gasteiger partial charge in [0.15, 0.2) is 0 Å². The third kappa shape index (κ3) is 2.49. The van der Waals surface area contributed by atoms with Crippen molar-refractivity contribution >= 4 is 15.4 Å². The van der Waals surface area contributed by atoms with Crippen molar-refractivity contribution in [2.75, 3.05) is 6.61 Å². The van der Waals surface area contributed by atoms with Crippen molar-refractivity contribution in [2.45, 2.75) is 6.92 Å².